The highest BCUT2D eigenvalue weighted by atomic mass is 16.4. The number of nitrogens with one attached hydrogen (secondary N) is 6. The first-order valence-electron chi connectivity index (χ1n) is 18.9. The number of carbonyl (C=O) groups excluding carboxylic acids is 7. The van der Waals surface area contributed by atoms with E-state index in [0.717, 1.165) is 0 Å². The van der Waals surface area contributed by atoms with Crippen molar-refractivity contribution in [3.8, 4) is 0 Å². The zero-order valence-corrected chi connectivity index (χ0v) is 33.5. The van der Waals surface area contributed by atoms with Crippen molar-refractivity contribution in [1.82, 2.24) is 36.8 Å². The summed E-state index contributed by atoms with van der Waals surface area (Å²) in [5, 5.41) is 33.3. The smallest absolute Gasteiger partial charge is 0.322 e. The predicted octanol–water partition coefficient (Wildman–Crippen LogP) is -6.03. The molecule has 6 atom stereocenters. The Morgan fingerprint density at radius 1 is 0.707 bits per heavy atom. The van der Waals surface area contributed by atoms with Gasteiger partial charge in [0.2, 0.25) is 41.4 Å². The second kappa shape index (κ2) is 25.5. The zero-order valence-electron chi connectivity index (χ0n) is 33.5. The third kappa shape index (κ3) is 18.0. The van der Waals surface area contributed by atoms with Crippen LogP contribution in [0.1, 0.15) is 66.2 Å². The van der Waals surface area contributed by atoms with Crippen LogP contribution in [0.25, 0.3) is 0 Å². The molecule has 0 aromatic rings. The lowest BCUT2D eigenvalue weighted by Gasteiger charge is -2.29. The van der Waals surface area contributed by atoms with Crippen molar-refractivity contribution in [2.24, 2.45) is 50.5 Å². The van der Waals surface area contributed by atoms with E-state index in [4.69, 9.17) is 33.8 Å². The van der Waals surface area contributed by atoms with E-state index in [1.54, 1.807) is 27.7 Å². The molecule has 24 heteroatoms. The largest absolute Gasteiger partial charge is 0.480 e. The van der Waals surface area contributed by atoms with Gasteiger partial charge in [-0.25, -0.2) is 0 Å². The maximum absolute atomic E-state index is 13.7. The van der Waals surface area contributed by atoms with Crippen LogP contribution in [-0.4, -0.2) is 150 Å². The van der Waals surface area contributed by atoms with Gasteiger partial charge in [-0.05, 0) is 50.4 Å². The monoisotopic (exact) mass is 826 g/mol. The third-order valence-corrected chi connectivity index (χ3v) is 8.86. The minimum Gasteiger partial charge on any atom is -0.480 e. The van der Waals surface area contributed by atoms with E-state index < -0.39 is 115 Å². The highest BCUT2D eigenvalue weighted by molar-refractivity contribution is 5.97. The van der Waals surface area contributed by atoms with Gasteiger partial charge < -0.3 is 75.7 Å². The molecule has 24 nitrogen and oxygen atoms in total. The lowest BCUT2D eigenvalue weighted by Crippen LogP contribution is -2.60. The number of hydrogen-bond donors (Lipinski definition) is 13. The first-order valence-corrected chi connectivity index (χ1v) is 18.9. The van der Waals surface area contributed by atoms with Gasteiger partial charge in [-0.2, -0.15) is 0 Å². The number of aliphatic carboxylic acids is 1. The molecule has 0 bridgehead atoms. The summed E-state index contributed by atoms with van der Waals surface area (Å²) in [4.78, 5) is 112. The van der Waals surface area contributed by atoms with Crippen molar-refractivity contribution >= 4 is 59.2 Å². The molecule has 0 spiro atoms. The molecule has 0 saturated carbocycles. The summed E-state index contributed by atoms with van der Waals surface area (Å²) < 4.78 is 0. The van der Waals surface area contributed by atoms with Crippen LogP contribution in [0.4, 0.5) is 0 Å². The molecule has 0 radical (unpaired) electrons. The highest BCUT2D eigenvalue weighted by Gasteiger charge is 2.37. The zero-order chi connectivity index (χ0) is 44.1. The predicted molar refractivity (Wildman–Crippen MR) is 211 cm³/mol. The summed E-state index contributed by atoms with van der Waals surface area (Å²) >= 11 is 0. The number of nitrogens with two attached hydrogens (primary N) is 5. The molecule has 18 N–H and O–H groups in total. The van der Waals surface area contributed by atoms with Crippen molar-refractivity contribution in [3.05, 3.63) is 0 Å². The number of carbonyl (C=O) groups is 8. The van der Waals surface area contributed by atoms with Gasteiger partial charge in [0.25, 0.3) is 0 Å². The third-order valence-electron chi connectivity index (χ3n) is 8.86. The molecule has 0 aromatic carbocycles. The average molecular weight is 827 g/mol. The van der Waals surface area contributed by atoms with E-state index in [2.05, 4.69) is 41.9 Å². The van der Waals surface area contributed by atoms with Crippen LogP contribution < -0.4 is 60.6 Å². The molecule has 0 aliphatic carbocycles. The summed E-state index contributed by atoms with van der Waals surface area (Å²) in [5.41, 5.74) is 27.2. The van der Waals surface area contributed by atoms with E-state index in [1.165, 1.54) is 4.90 Å². The standard InChI is InChI=1S/C34H62N14O10/c1-17(2)25(30(56)45-20(8-5-11-40-33(36)37)27(53)43-15-24(51)52)47-31(57)26(18(3)4)46-28(54)21(9-6-12-41-34(38)39)44-23(50)14-42-29(55)22-10-7-13-48(22)32(58)19(35)16-49/h17-22,25-26,49H,5-16,35H2,1-4H3,(H,42,55)(H,43,53)(H,44,50)(H,45,56)(H,46,54)(H,47,57)(H,51,52)(H4,36,37,40)(H4,38,39,41)/t19-,20-,21-,22-,25-,26-/m0/s1. The number of likely N-dealkylation sites (tertiary alicyclic amines) is 1. The minimum absolute atomic E-state index is 0.00419. The van der Waals surface area contributed by atoms with Crippen molar-refractivity contribution in [3.63, 3.8) is 0 Å². The van der Waals surface area contributed by atoms with Crippen LogP contribution in [0.3, 0.4) is 0 Å². The summed E-state index contributed by atoms with van der Waals surface area (Å²) in [7, 11) is 0. The number of aliphatic imine (C=N–C) groups is 2. The van der Waals surface area contributed by atoms with Gasteiger partial charge in [0.15, 0.2) is 11.9 Å². The number of carboxylic acid groups (broad SMARTS) is 1. The molecule has 1 aliphatic heterocycles. The van der Waals surface area contributed by atoms with Gasteiger partial charge in [-0.1, -0.05) is 27.7 Å². The van der Waals surface area contributed by atoms with Gasteiger partial charge >= 0.3 is 5.97 Å². The quantitative estimate of drug-likeness (QED) is 0.0231. The van der Waals surface area contributed by atoms with Crippen LogP contribution in [-0.2, 0) is 38.4 Å². The fourth-order valence-corrected chi connectivity index (χ4v) is 5.78. The molecule has 1 saturated heterocycles. The number of aliphatic hydroxyl groups excluding tert-OH is 1. The van der Waals surface area contributed by atoms with E-state index in [9.17, 15) is 43.5 Å². The number of aliphatic hydroxyl groups is 1. The topological polar surface area (TPSA) is 407 Å². The Bertz CT molecular complexity index is 1500. The maximum Gasteiger partial charge on any atom is 0.322 e. The molecule has 1 rings (SSSR count). The summed E-state index contributed by atoms with van der Waals surface area (Å²) in [6.07, 6.45) is 1.30. The number of amides is 7. The van der Waals surface area contributed by atoms with Crippen molar-refractivity contribution in [2.75, 3.05) is 39.3 Å². The normalized spacial score (nSPS) is 16.1. The van der Waals surface area contributed by atoms with E-state index in [0.29, 0.717) is 12.8 Å². The molecule has 1 heterocycles. The number of hydrogen-bond acceptors (Lipinski definition) is 12. The second-order valence-corrected chi connectivity index (χ2v) is 14.3. The average Bonchev–Trinajstić information content (AvgIpc) is 3.65. The van der Waals surface area contributed by atoms with Crippen molar-refractivity contribution < 1.29 is 48.6 Å². The van der Waals surface area contributed by atoms with E-state index in [1.807, 2.05) is 0 Å². The van der Waals surface area contributed by atoms with Crippen molar-refractivity contribution in [1.29, 1.82) is 0 Å². The lowest BCUT2D eigenvalue weighted by molar-refractivity contribution is -0.140. The Kier molecular flexibility index (Phi) is 22.1. The lowest BCUT2D eigenvalue weighted by atomic mass is 9.98. The maximum atomic E-state index is 13.7. The van der Waals surface area contributed by atoms with Gasteiger partial charge in [-0.15, -0.1) is 0 Å². The van der Waals surface area contributed by atoms with Crippen molar-refractivity contribution in [2.45, 2.75) is 102 Å². The fraction of sp³-hybridized carbons (Fsp3) is 0.706. The molecule has 328 valence electrons. The Labute approximate surface area is 336 Å². The second-order valence-electron chi connectivity index (χ2n) is 14.3. The Hall–Kier alpha value is -5.78. The highest BCUT2D eigenvalue weighted by Crippen LogP contribution is 2.18. The summed E-state index contributed by atoms with van der Waals surface area (Å²) in [6, 6.07) is -7.01. The molecule has 1 fully saturated rings. The number of guanidine groups is 2. The minimum atomic E-state index is -1.30. The Morgan fingerprint density at radius 3 is 1.69 bits per heavy atom. The fourth-order valence-electron chi connectivity index (χ4n) is 5.78. The summed E-state index contributed by atoms with van der Waals surface area (Å²) in [6.45, 7) is 5.15. The summed E-state index contributed by atoms with van der Waals surface area (Å²) in [5.74, 6) is -7.82. The van der Waals surface area contributed by atoms with Gasteiger partial charge in [-0.3, -0.25) is 48.3 Å². The van der Waals surface area contributed by atoms with Crippen LogP contribution in [0, 0.1) is 11.8 Å². The molecule has 0 aromatic heterocycles. The molecule has 1 aliphatic rings. The van der Waals surface area contributed by atoms with Gasteiger partial charge in [0, 0.05) is 19.6 Å². The molecule has 7 amide bonds. The van der Waals surface area contributed by atoms with Crippen LogP contribution in [0.5, 0.6) is 0 Å². The first-order chi connectivity index (χ1) is 27.2. The molecular weight excluding hydrogens is 764 g/mol. The molecule has 0 unspecified atom stereocenters. The van der Waals surface area contributed by atoms with Gasteiger partial charge in [0.1, 0.15) is 42.8 Å². The van der Waals surface area contributed by atoms with Crippen LogP contribution >= 0.6 is 0 Å². The van der Waals surface area contributed by atoms with E-state index >= 15 is 0 Å². The number of nitrogens with zero attached hydrogens (tertiary/aromatic N) is 3. The van der Waals surface area contributed by atoms with E-state index in [-0.39, 0.29) is 57.2 Å². The van der Waals surface area contributed by atoms with Gasteiger partial charge in [0.05, 0.1) is 13.2 Å². The molecular formula is C34H62N14O10. The first kappa shape index (κ1) is 50.2. The number of carboxylic acids is 1. The Morgan fingerprint density at radius 2 is 1.21 bits per heavy atom. The SMILES string of the molecule is CC(C)[C@H](NC(=O)[C@H](CCCN=C(N)N)NC(=O)CNC(=O)[C@@H]1CCCN1C(=O)[C@@H](N)CO)C(=O)N[C@H](C(=O)N[C@@H](CCCN=C(N)N)C(=O)NCC(=O)O)C(C)C. The van der Waals surface area contributed by atoms with Crippen LogP contribution in [0.2, 0.25) is 0 Å². The van der Waals surface area contributed by atoms with Crippen LogP contribution in [0.15, 0.2) is 9.98 Å². The number of rotatable bonds is 25. The Balaban J connectivity index is 3.13. The molecule has 58 heavy (non-hydrogen) atoms.